The fourth-order valence-corrected chi connectivity index (χ4v) is 5.74. The Labute approximate surface area is 234 Å². The number of aryl methyl sites for hydroxylation is 1. The van der Waals surface area contributed by atoms with Crippen molar-refractivity contribution in [2.24, 2.45) is 5.41 Å². The van der Waals surface area contributed by atoms with Crippen molar-refractivity contribution in [2.75, 3.05) is 26.0 Å². The molecule has 37 heavy (non-hydrogen) atoms. The van der Waals surface area contributed by atoms with Crippen molar-refractivity contribution in [3.05, 3.63) is 41.7 Å². The smallest absolute Gasteiger partial charge is 0.180 e. The summed E-state index contributed by atoms with van der Waals surface area (Å²) in [5.74, 6) is 0.919. The lowest BCUT2D eigenvalue weighted by atomic mass is 9.86. The van der Waals surface area contributed by atoms with Gasteiger partial charge < -0.3 is 25.2 Å². The number of hydrogen-bond donors (Lipinski definition) is 3. The SMILES string of the molecule is Cc1nc2nc(N)cc(-c3cc4c(CN(C)C5CCC6(CC5)OCC(C)(C)CO6)cccc4[nH]3)c2[nH]1.I. The minimum absolute atomic E-state index is 0. The molecular weight excluding hydrogens is 579 g/mol. The number of imidazole rings is 1. The Morgan fingerprint density at radius 2 is 1.81 bits per heavy atom. The Morgan fingerprint density at radius 3 is 2.54 bits per heavy atom. The summed E-state index contributed by atoms with van der Waals surface area (Å²) in [5.41, 5.74) is 12.2. The van der Waals surface area contributed by atoms with E-state index in [1.165, 1.54) is 10.9 Å². The fourth-order valence-electron chi connectivity index (χ4n) is 5.74. The number of ether oxygens (including phenoxy) is 2. The molecule has 198 valence electrons. The van der Waals surface area contributed by atoms with Gasteiger partial charge in [-0.15, -0.1) is 24.0 Å². The van der Waals surface area contributed by atoms with Gasteiger partial charge in [0.05, 0.1) is 18.7 Å². The number of anilines is 1. The van der Waals surface area contributed by atoms with Gasteiger partial charge in [0.25, 0.3) is 0 Å². The molecule has 4 N–H and O–H groups in total. The van der Waals surface area contributed by atoms with Gasteiger partial charge in [0.2, 0.25) is 0 Å². The van der Waals surface area contributed by atoms with E-state index in [1.54, 1.807) is 0 Å². The lowest BCUT2D eigenvalue weighted by molar-refractivity contribution is -0.312. The monoisotopic (exact) mass is 616 g/mol. The van der Waals surface area contributed by atoms with E-state index < -0.39 is 0 Å². The Kier molecular flexibility index (Phi) is 7.01. The quantitative estimate of drug-likeness (QED) is 0.252. The van der Waals surface area contributed by atoms with E-state index >= 15 is 0 Å². The van der Waals surface area contributed by atoms with Gasteiger partial charge in [-0.05, 0) is 50.6 Å². The lowest BCUT2D eigenvalue weighted by Crippen LogP contribution is -2.51. The molecule has 2 fully saturated rings. The van der Waals surface area contributed by atoms with E-state index in [4.69, 9.17) is 15.2 Å². The van der Waals surface area contributed by atoms with Crippen molar-refractivity contribution < 1.29 is 9.47 Å². The topological polar surface area (TPSA) is 105 Å². The lowest BCUT2D eigenvalue weighted by Gasteiger charge is -2.47. The zero-order chi connectivity index (χ0) is 25.1. The number of nitrogen functional groups attached to an aromatic ring is 1. The average Bonchev–Trinajstić information content (AvgIpc) is 3.44. The van der Waals surface area contributed by atoms with Crippen molar-refractivity contribution in [3.63, 3.8) is 0 Å². The second-order valence-corrected chi connectivity index (χ2v) is 11.5. The minimum Gasteiger partial charge on any atom is -0.384 e. The van der Waals surface area contributed by atoms with Crippen LogP contribution in [0.5, 0.6) is 0 Å². The van der Waals surface area contributed by atoms with Gasteiger partial charge in [-0.25, -0.2) is 9.97 Å². The Balaban J connectivity index is 0.00000280. The number of rotatable bonds is 4. The van der Waals surface area contributed by atoms with E-state index in [0.717, 1.165) is 73.6 Å². The molecule has 0 unspecified atom stereocenters. The second kappa shape index (κ2) is 9.83. The molecule has 3 aromatic heterocycles. The first kappa shape index (κ1) is 26.4. The summed E-state index contributed by atoms with van der Waals surface area (Å²) in [7, 11) is 2.24. The van der Waals surface area contributed by atoms with E-state index in [1.807, 2.05) is 13.0 Å². The van der Waals surface area contributed by atoms with E-state index in [9.17, 15) is 0 Å². The van der Waals surface area contributed by atoms with Crippen LogP contribution in [0.4, 0.5) is 5.82 Å². The van der Waals surface area contributed by atoms with Crippen LogP contribution in [0.1, 0.15) is 50.9 Å². The van der Waals surface area contributed by atoms with Crippen LogP contribution in [0.25, 0.3) is 33.3 Å². The Hall–Kier alpha value is -2.21. The molecule has 6 rings (SSSR count). The van der Waals surface area contributed by atoms with Gasteiger partial charge in [-0.3, -0.25) is 4.90 Å². The van der Waals surface area contributed by atoms with Crippen LogP contribution in [-0.4, -0.2) is 56.9 Å². The van der Waals surface area contributed by atoms with Gasteiger partial charge >= 0.3 is 0 Å². The zero-order valence-corrected chi connectivity index (χ0v) is 24.4. The Bertz CT molecular complexity index is 1410. The summed E-state index contributed by atoms with van der Waals surface area (Å²) >= 11 is 0. The van der Waals surface area contributed by atoms with Crippen LogP contribution in [0, 0.1) is 12.3 Å². The molecule has 2 aliphatic rings. The molecule has 0 amide bonds. The number of fused-ring (bicyclic) bond motifs is 2. The number of pyridine rings is 1. The largest absolute Gasteiger partial charge is 0.384 e. The first-order valence-electron chi connectivity index (χ1n) is 12.9. The fraction of sp³-hybridized carbons (Fsp3) is 0.500. The standard InChI is InChI=1S/C28H36N6O2.HI/c1-17-30-25-21(13-24(29)33-26(25)31-17)23-12-20-18(6-5-7-22(20)32-23)14-34(4)19-8-10-28(11-9-19)35-15-27(2,3)16-36-28;/h5-7,12-13,19,32H,8-11,14-16H2,1-4H3,(H3,29,30,31,33);1H. The van der Waals surface area contributed by atoms with E-state index in [-0.39, 0.29) is 35.2 Å². The van der Waals surface area contributed by atoms with Gasteiger partial charge in [-0.1, -0.05) is 26.0 Å². The zero-order valence-electron chi connectivity index (χ0n) is 22.1. The number of nitrogens with two attached hydrogens (primary N) is 1. The van der Waals surface area contributed by atoms with Gasteiger partial charge in [0.15, 0.2) is 11.4 Å². The molecule has 0 atom stereocenters. The molecule has 1 saturated heterocycles. The molecule has 0 bridgehead atoms. The number of aromatic nitrogens is 4. The third-order valence-electron chi connectivity index (χ3n) is 7.86. The van der Waals surface area contributed by atoms with Crippen molar-refractivity contribution in [2.45, 2.75) is 64.8 Å². The highest BCUT2D eigenvalue weighted by atomic mass is 127. The van der Waals surface area contributed by atoms with Crippen molar-refractivity contribution in [3.8, 4) is 11.3 Å². The molecule has 1 aromatic carbocycles. The van der Waals surface area contributed by atoms with Gasteiger partial charge in [0.1, 0.15) is 11.6 Å². The summed E-state index contributed by atoms with van der Waals surface area (Å²) < 4.78 is 12.5. The van der Waals surface area contributed by atoms with Crippen molar-refractivity contribution in [1.82, 2.24) is 24.8 Å². The molecule has 8 nitrogen and oxygen atoms in total. The molecule has 1 aliphatic carbocycles. The molecule has 4 heterocycles. The number of nitrogens with zero attached hydrogens (tertiary/aromatic N) is 3. The number of benzene rings is 1. The Morgan fingerprint density at radius 1 is 1.08 bits per heavy atom. The summed E-state index contributed by atoms with van der Waals surface area (Å²) in [6, 6.07) is 11.1. The van der Waals surface area contributed by atoms with Crippen LogP contribution in [0.15, 0.2) is 30.3 Å². The maximum Gasteiger partial charge on any atom is 0.180 e. The number of halogens is 1. The molecule has 1 aliphatic heterocycles. The molecule has 0 radical (unpaired) electrons. The summed E-state index contributed by atoms with van der Waals surface area (Å²) in [6.45, 7) is 8.78. The summed E-state index contributed by atoms with van der Waals surface area (Å²) in [5, 5.41) is 1.23. The van der Waals surface area contributed by atoms with Gasteiger partial charge in [-0.2, -0.15) is 0 Å². The highest BCUT2D eigenvalue weighted by Crippen LogP contribution is 2.40. The first-order chi connectivity index (χ1) is 17.2. The van der Waals surface area contributed by atoms with Crippen molar-refractivity contribution >= 4 is 51.9 Å². The number of hydrogen-bond acceptors (Lipinski definition) is 6. The first-order valence-corrected chi connectivity index (χ1v) is 12.9. The summed E-state index contributed by atoms with van der Waals surface area (Å²) in [4.78, 5) is 18.3. The number of nitrogens with one attached hydrogen (secondary N) is 2. The maximum absolute atomic E-state index is 6.25. The predicted octanol–water partition coefficient (Wildman–Crippen LogP) is 5.76. The minimum atomic E-state index is -0.370. The highest BCUT2D eigenvalue weighted by Gasteiger charge is 2.43. The van der Waals surface area contributed by atoms with Gasteiger partial charge in [0, 0.05) is 53.0 Å². The molecule has 1 saturated carbocycles. The molecular formula is C28H37IN6O2. The summed E-state index contributed by atoms with van der Waals surface area (Å²) in [6.07, 6.45) is 4.08. The van der Waals surface area contributed by atoms with Crippen LogP contribution in [-0.2, 0) is 16.0 Å². The number of H-pyrrole nitrogens is 2. The highest BCUT2D eigenvalue weighted by molar-refractivity contribution is 14.0. The second-order valence-electron chi connectivity index (χ2n) is 11.5. The molecule has 1 spiro atoms. The predicted molar refractivity (Wildman–Crippen MR) is 158 cm³/mol. The third-order valence-corrected chi connectivity index (χ3v) is 7.86. The van der Waals surface area contributed by atoms with E-state index in [0.29, 0.717) is 17.5 Å². The normalized spacial score (nSPS) is 19.6. The third kappa shape index (κ3) is 5.10. The van der Waals surface area contributed by atoms with Crippen molar-refractivity contribution in [1.29, 1.82) is 0 Å². The molecule has 9 heteroatoms. The van der Waals surface area contributed by atoms with Crippen LogP contribution in [0.3, 0.4) is 0 Å². The van der Waals surface area contributed by atoms with Crippen LogP contribution < -0.4 is 5.73 Å². The van der Waals surface area contributed by atoms with E-state index in [2.05, 4.69) is 70.0 Å². The van der Waals surface area contributed by atoms with Crippen LogP contribution >= 0.6 is 24.0 Å². The average molecular weight is 617 g/mol. The van der Waals surface area contributed by atoms with Crippen LogP contribution in [0.2, 0.25) is 0 Å². The maximum atomic E-state index is 6.25. The molecule has 4 aromatic rings. The number of aromatic amines is 2.